The van der Waals surface area contributed by atoms with Gasteiger partial charge in [-0.25, -0.2) is 9.59 Å². The van der Waals surface area contributed by atoms with Crippen molar-refractivity contribution in [3.05, 3.63) is 59.7 Å². The number of ether oxygens (including phenoxy) is 3. The summed E-state index contributed by atoms with van der Waals surface area (Å²) in [5.41, 5.74) is 3.29. The molecule has 53 heavy (non-hydrogen) atoms. The molecule has 4 amide bonds. The quantitative estimate of drug-likeness (QED) is 0.290. The van der Waals surface area contributed by atoms with Gasteiger partial charge in [-0.05, 0) is 92.9 Å². The summed E-state index contributed by atoms with van der Waals surface area (Å²) < 4.78 is 17.1. The molecule has 0 bridgehead atoms. The molecule has 0 radical (unpaired) electrons. The van der Waals surface area contributed by atoms with Crippen LogP contribution >= 0.6 is 0 Å². The molecule has 284 valence electrons. The number of nitrogens with one attached hydrogen (secondary N) is 3. The first-order chi connectivity index (χ1) is 25.0. The number of rotatable bonds is 11. The highest BCUT2D eigenvalue weighted by Gasteiger charge is 2.70. The van der Waals surface area contributed by atoms with Crippen molar-refractivity contribution in [2.75, 3.05) is 20.3 Å². The number of hydrogen-bond donors (Lipinski definition) is 3. The topological polar surface area (TPSA) is 152 Å². The molecular formula is C41H52N4O8. The molecule has 12 nitrogen and oxygen atoms in total. The van der Waals surface area contributed by atoms with E-state index in [1.54, 1.807) is 6.92 Å². The maximum Gasteiger partial charge on any atom is 0.407 e. The molecule has 2 aromatic rings. The first-order valence-electron chi connectivity index (χ1n) is 18.8. The summed E-state index contributed by atoms with van der Waals surface area (Å²) in [5.74, 6) is -2.45. The van der Waals surface area contributed by atoms with Crippen LogP contribution in [0.15, 0.2) is 48.5 Å². The van der Waals surface area contributed by atoms with Gasteiger partial charge in [0.05, 0.1) is 18.8 Å². The molecule has 2 aliphatic heterocycles. The first-order valence-corrected chi connectivity index (χ1v) is 18.8. The molecule has 2 saturated carbocycles. The monoisotopic (exact) mass is 728 g/mol. The van der Waals surface area contributed by atoms with Gasteiger partial charge in [0.2, 0.25) is 17.7 Å². The maximum absolute atomic E-state index is 14.6. The summed E-state index contributed by atoms with van der Waals surface area (Å²) in [7, 11) is 1.25. The lowest BCUT2D eigenvalue weighted by atomic mass is 9.94. The first kappa shape index (κ1) is 36.9. The third kappa shape index (κ3) is 7.02. The number of fused-ring (bicyclic) bond motifs is 4. The Morgan fingerprint density at radius 2 is 1.60 bits per heavy atom. The van der Waals surface area contributed by atoms with Gasteiger partial charge in [-0.2, -0.15) is 0 Å². The van der Waals surface area contributed by atoms with Crippen molar-refractivity contribution in [2.24, 2.45) is 23.2 Å². The predicted molar refractivity (Wildman–Crippen MR) is 195 cm³/mol. The molecule has 12 heteroatoms. The SMILES string of the molecule is COC(=O)[C@H](C[C@@H]1CC2(CC2)NC1=O)NC(=O)[C@@H]1[C@@H]2[C@H](CN1C(=O)[C@@H](NC(=O)OCC1c3ccccc3-c3ccccc31)[C@H](C)OC(C)(C)C)C2(C)C. The number of likely N-dealkylation sites (tertiary alicyclic amines) is 1. The highest BCUT2D eigenvalue weighted by atomic mass is 16.6. The third-order valence-electron chi connectivity index (χ3n) is 12.2. The van der Waals surface area contributed by atoms with Crippen LogP contribution in [0.3, 0.4) is 0 Å². The van der Waals surface area contributed by atoms with Crippen LogP contribution in [0.2, 0.25) is 0 Å². The van der Waals surface area contributed by atoms with E-state index < -0.39 is 59.6 Å². The Bertz CT molecular complexity index is 1770. The Hall–Kier alpha value is -4.45. The number of hydrogen-bond acceptors (Lipinski definition) is 8. The molecule has 0 unspecified atom stereocenters. The highest BCUT2D eigenvalue weighted by Crippen LogP contribution is 2.65. The van der Waals surface area contributed by atoms with Gasteiger partial charge in [0, 0.05) is 23.9 Å². The molecule has 7 atom stereocenters. The Labute approximate surface area is 311 Å². The van der Waals surface area contributed by atoms with Crippen molar-refractivity contribution < 1.29 is 38.2 Å². The van der Waals surface area contributed by atoms with Crippen molar-refractivity contribution in [3.63, 3.8) is 0 Å². The summed E-state index contributed by atoms with van der Waals surface area (Å²) in [6.07, 6.45) is 0.973. The zero-order valence-corrected chi connectivity index (χ0v) is 31.7. The summed E-state index contributed by atoms with van der Waals surface area (Å²) in [5, 5.41) is 8.72. The number of esters is 1. The van der Waals surface area contributed by atoms with Crippen LogP contribution in [0.1, 0.15) is 84.3 Å². The normalized spacial score (nSPS) is 26.0. The highest BCUT2D eigenvalue weighted by molar-refractivity contribution is 5.95. The molecule has 7 rings (SSSR count). The van der Waals surface area contributed by atoms with Crippen LogP contribution in [-0.4, -0.2) is 90.3 Å². The molecule has 3 aliphatic carbocycles. The van der Waals surface area contributed by atoms with Crippen molar-refractivity contribution in [3.8, 4) is 11.1 Å². The second-order valence-corrected chi connectivity index (χ2v) is 17.3. The van der Waals surface area contributed by atoms with Crippen LogP contribution in [0.5, 0.6) is 0 Å². The smallest absolute Gasteiger partial charge is 0.407 e. The van der Waals surface area contributed by atoms with Crippen molar-refractivity contribution >= 4 is 29.8 Å². The minimum absolute atomic E-state index is 0.0445. The van der Waals surface area contributed by atoms with E-state index in [2.05, 4.69) is 41.9 Å². The van der Waals surface area contributed by atoms with Gasteiger partial charge in [-0.15, -0.1) is 0 Å². The average Bonchev–Trinajstić information content (AvgIpc) is 3.74. The average molecular weight is 729 g/mol. The zero-order chi connectivity index (χ0) is 38.0. The Balaban J connectivity index is 1.08. The van der Waals surface area contributed by atoms with Gasteiger partial charge < -0.3 is 35.1 Å². The Morgan fingerprint density at radius 3 is 2.17 bits per heavy atom. The van der Waals surface area contributed by atoms with Crippen molar-refractivity contribution in [1.82, 2.24) is 20.9 Å². The number of nitrogens with zero attached hydrogens (tertiary/aromatic N) is 1. The third-order valence-corrected chi connectivity index (χ3v) is 12.2. The Morgan fingerprint density at radius 1 is 0.981 bits per heavy atom. The lowest BCUT2D eigenvalue weighted by Crippen LogP contribution is -2.60. The maximum atomic E-state index is 14.6. The van der Waals surface area contributed by atoms with E-state index in [0.29, 0.717) is 13.0 Å². The molecule has 4 fully saturated rings. The van der Waals surface area contributed by atoms with E-state index in [1.807, 2.05) is 57.2 Å². The largest absolute Gasteiger partial charge is 0.467 e. The molecule has 3 N–H and O–H groups in total. The van der Waals surface area contributed by atoms with E-state index in [4.69, 9.17) is 14.2 Å². The van der Waals surface area contributed by atoms with E-state index in [9.17, 15) is 24.0 Å². The van der Waals surface area contributed by atoms with E-state index in [0.717, 1.165) is 35.1 Å². The number of alkyl carbamates (subject to hydrolysis) is 1. The van der Waals surface area contributed by atoms with Gasteiger partial charge in [-0.3, -0.25) is 14.4 Å². The molecular weight excluding hydrogens is 676 g/mol. The van der Waals surface area contributed by atoms with Gasteiger partial charge in [0.25, 0.3) is 0 Å². The van der Waals surface area contributed by atoms with Crippen LogP contribution < -0.4 is 16.0 Å². The standard InChI is InChI=1S/C41H52N4O8/c1-22(53-39(2,3)4)32(43-38(50)52-21-28-26-14-10-8-12-24(26)25-13-9-11-15-27(25)28)36(48)45-20-29-31(40(29,5)6)33(45)35(47)42-30(37(49)51-7)18-23-19-41(16-17-41)44-34(23)46/h8-15,22-23,28-33H,16-21H2,1-7H3,(H,42,47)(H,43,50)(H,44,46)/t22-,23+,29-,30-,31-,32-,33-/m0/s1. The van der Waals surface area contributed by atoms with Crippen LogP contribution in [0.25, 0.3) is 11.1 Å². The van der Waals surface area contributed by atoms with Gasteiger partial charge in [-0.1, -0.05) is 62.4 Å². The van der Waals surface area contributed by atoms with Crippen LogP contribution in [0.4, 0.5) is 4.79 Å². The number of carbonyl (C=O) groups excluding carboxylic acids is 5. The van der Waals surface area contributed by atoms with Gasteiger partial charge in [0.15, 0.2) is 0 Å². The molecule has 5 aliphatic rings. The molecule has 2 saturated heterocycles. The molecule has 2 heterocycles. The Kier molecular flexibility index (Phi) is 9.36. The van der Waals surface area contributed by atoms with Crippen LogP contribution in [-0.2, 0) is 33.4 Å². The van der Waals surface area contributed by atoms with Gasteiger partial charge >= 0.3 is 12.1 Å². The second-order valence-electron chi connectivity index (χ2n) is 17.3. The fourth-order valence-electron chi connectivity index (χ4n) is 9.31. The second kappa shape index (κ2) is 13.4. The van der Waals surface area contributed by atoms with Crippen LogP contribution in [0, 0.1) is 23.2 Å². The fourth-order valence-corrected chi connectivity index (χ4v) is 9.31. The van der Waals surface area contributed by atoms with Crippen molar-refractivity contribution in [1.29, 1.82) is 0 Å². The predicted octanol–water partition coefficient (Wildman–Crippen LogP) is 4.30. The lowest BCUT2D eigenvalue weighted by molar-refractivity contribution is -0.150. The number of carbonyl (C=O) groups is 5. The van der Waals surface area contributed by atoms with Gasteiger partial charge in [0.1, 0.15) is 24.7 Å². The fraction of sp³-hybridized carbons (Fsp3) is 0.585. The summed E-state index contributed by atoms with van der Waals surface area (Å²) in [4.78, 5) is 69.7. The minimum atomic E-state index is -1.17. The summed E-state index contributed by atoms with van der Waals surface area (Å²) >= 11 is 0. The number of benzene rings is 2. The molecule has 0 aromatic heterocycles. The number of piperidine rings is 1. The lowest BCUT2D eigenvalue weighted by Gasteiger charge is -2.36. The number of amides is 4. The summed E-state index contributed by atoms with van der Waals surface area (Å²) in [6, 6.07) is 13.0. The van der Waals surface area contributed by atoms with E-state index >= 15 is 0 Å². The van der Waals surface area contributed by atoms with E-state index in [-0.39, 0.29) is 47.6 Å². The minimum Gasteiger partial charge on any atom is -0.467 e. The summed E-state index contributed by atoms with van der Waals surface area (Å²) in [6.45, 7) is 11.8. The van der Waals surface area contributed by atoms with E-state index in [1.165, 1.54) is 12.0 Å². The zero-order valence-electron chi connectivity index (χ0n) is 31.7. The number of methoxy groups -OCH3 is 1. The molecule has 2 aromatic carbocycles. The van der Waals surface area contributed by atoms with Crippen molar-refractivity contribution in [2.45, 2.75) is 109 Å². The molecule has 1 spiro atoms.